The Bertz CT molecular complexity index is 488. The standard InChI is InChI=1S/C12H15NO3/c1-2-4-9-11(12(15)16)10(14)7-8-5-3-6-13(8)9/h7H,2-6H2,1H3,(H,15,16). The largest absolute Gasteiger partial charge is 0.477 e. The minimum absolute atomic E-state index is 0.0347. The molecule has 0 saturated carbocycles. The lowest BCUT2D eigenvalue weighted by atomic mass is 10.1. The SMILES string of the molecule is CCCc1c(C(=O)O)c(=O)cc2n1CCC2. The van der Waals surface area contributed by atoms with Crippen LogP contribution in [0.5, 0.6) is 0 Å². The number of aromatic nitrogens is 1. The number of rotatable bonds is 3. The van der Waals surface area contributed by atoms with Crippen LogP contribution in [-0.4, -0.2) is 15.6 Å². The van der Waals surface area contributed by atoms with Gasteiger partial charge in [-0.05, 0) is 19.3 Å². The molecule has 86 valence electrons. The maximum Gasteiger partial charge on any atom is 0.341 e. The summed E-state index contributed by atoms with van der Waals surface area (Å²) < 4.78 is 2.01. The summed E-state index contributed by atoms with van der Waals surface area (Å²) in [4.78, 5) is 22.8. The van der Waals surface area contributed by atoms with E-state index in [9.17, 15) is 9.59 Å². The van der Waals surface area contributed by atoms with Crippen molar-refractivity contribution in [2.75, 3.05) is 0 Å². The van der Waals surface area contributed by atoms with Crippen LogP contribution < -0.4 is 5.43 Å². The van der Waals surface area contributed by atoms with E-state index in [0.29, 0.717) is 12.1 Å². The van der Waals surface area contributed by atoms with E-state index in [0.717, 1.165) is 31.5 Å². The zero-order valence-electron chi connectivity index (χ0n) is 9.32. The van der Waals surface area contributed by atoms with Crippen LogP contribution in [0.2, 0.25) is 0 Å². The van der Waals surface area contributed by atoms with Crippen LogP contribution >= 0.6 is 0 Å². The van der Waals surface area contributed by atoms with Gasteiger partial charge in [-0.25, -0.2) is 4.79 Å². The molecule has 1 N–H and O–H groups in total. The highest BCUT2D eigenvalue weighted by molar-refractivity contribution is 5.88. The molecule has 0 unspecified atom stereocenters. The molecule has 2 heterocycles. The van der Waals surface area contributed by atoms with Crippen molar-refractivity contribution >= 4 is 5.97 Å². The van der Waals surface area contributed by atoms with Gasteiger partial charge in [-0.15, -0.1) is 0 Å². The average molecular weight is 221 g/mol. The van der Waals surface area contributed by atoms with Crippen molar-refractivity contribution in [3.8, 4) is 0 Å². The van der Waals surface area contributed by atoms with Crippen molar-refractivity contribution in [2.45, 2.75) is 39.2 Å². The fourth-order valence-electron chi connectivity index (χ4n) is 2.38. The van der Waals surface area contributed by atoms with Crippen molar-refractivity contribution in [3.05, 3.63) is 33.2 Å². The predicted octanol–water partition coefficient (Wildman–Crippen LogP) is 1.45. The van der Waals surface area contributed by atoms with Gasteiger partial charge in [0.1, 0.15) is 5.56 Å². The first kappa shape index (κ1) is 10.9. The molecule has 1 aliphatic heterocycles. The molecule has 0 atom stereocenters. The molecule has 2 rings (SSSR count). The van der Waals surface area contributed by atoms with Gasteiger partial charge in [-0.3, -0.25) is 4.79 Å². The number of hydrogen-bond acceptors (Lipinski definition) is 2. The van der Waals surface area contributed by atoms with Crippen LogP contribution in [0, 0.1) is 0 Å². The van der Waals surface area contributed by atoms with Gasteiger partial charge in [0, 0.05) is 24.0 Å². The zero-order valence-corrected chi connectivity index (χ0v) is 9.32. The summed E-state index contributed by atoms with van der Waals surface area (Å²) in [5.41, 5.74) is 1.31. The molecule has 0 radical (unpaired) electrons. The van der Waals surface area contributed by atoms with Gasteiger partial charge < -0.3 is 9.67 Å². The Kier molecular flexibility index (Phi) is 2.81. The normalized spacial score (nSPS) is 13.8. The number of carboxylic acids is 1. The number of aromatic carboxylic acids is 1. The van der Waals surface area contributed by atoms with Gasteiger partial charge in [0.15, 0.2) is 5.43 Å². The molecule has 0 aromatic carbocycles. The van der Waals surface area contributed by atoms with Gasteiger partial charge in [-0.2, -0.15) is 0 Å². The summed E-state index contributed by atoms with van der Waals surface area (Å²) in [7, 11) is 0. The van der Waals surface area contributed by atoms with Crippen LogP contribution in [0.25, 0.3) is 0 Å². The topological polar surface area (TPSA) is 59.3 Å². The van der Waals surface area contributed by atoms with Gasteiger partial charge >= 0.3 is 5.97 Å². The third-order valence-electron chi connectivity index (χ3n) is 3.02. The van der Waals surface area contributed by atoms with Gasteiger partial charge in [0.25, 0.3) is 0 Å². The summed E-state index contributed by atoms with van der Waals surface area (Å²) in [6.45, 7) is 2.83. The van der Waals surface area contributed by atoms with Gasteiger partial charge in [-0.1, -0.05) is 13.3 Å². The number of fused-ring (bicyclic) bond motifs is 1. The number of carbonyl (C=O) groups is 1. The molecule has 1 aliphatic rings. The molecule has 0 amide bonds. The third kappa shape index (κ3) is 1.64. The van der Waals surface area contributed by atoms with Gasteiger partial charge in [0.05, 0.1) is 0 Å². The Balaban J connectivity index is 2.68. The van der Waals surface area contributed by atoms with E-state index < -0.39 is 5.97 Å². The van der Waals surface area contributed by atoms with Gasteiger partial charge in [0.2, 0.25) is 0 Å². The number of nitrogens with zero attached hydrogens (tertiary/aromatic N) is 1. The molecule has 0 saturated heterocycles. The highest BCUT2D eigenvalue weighted by Crippen LogP contribution is 2.19. The fourth-order valence-corrected chi connectivity index (χ4v) is 2.38. The lowest BCUT2D eigenvalue weighted by molar-refractivity contribution is 0.0693. The fraction of sp³-hybridized carbons (Fsp3) is 0.500. The predicted molar refractivity (Wildman–Crippen MR) is 60.0 cm³/mol. The molecule has 0 bridgehead atoms. The first-order valence-corrected chi connectivity index (χ1v) is 5.64. The summed E-state index contributed by atoms with van der Waals surface area (Å²) >= 11 is 0. The zero-order chi connectivity index (χ0) is 11.7. The average Bonchev–Trinajstić information content (AvgIpc) is 2.64. The number of carboxylic acid groups (broad SMARTS) is 1. The second-order valence-corrected chi connectivity index (χ2v) is 4.13. The monoisotopic (exact) mass is 221 g/mol. The Morgan fingerprint density at radius 1 is 1.56 bits per heavy atom. The van der Waals surface area contributed by atoms with Crippen LogP contribution in [0.4, 0.5) is 0 Å². The van der Waals surface area contributed by atoms with E-state index in [2.05, 4.69) is 0 Å². The smallest absolute Gasteiger partial charge is 0.341 e. The molecule has 1 aromatic rings. The Labute approximate surface area is 93.5 Å². The van der Waals surface area contributed by atoms with Crippen LogP contribution in [0.3, 0.4) is 0 Å². The molecule has 0 aliphatic carbocycles. The minimum atomic E-state index is -1.10. The summed E-state index contributed by atoms with van der Waals surface area (Å²) in [6, 6.07) is 1.48. The number of aryl methyl sites for hydroxylation is 1. The molecule has 4 nitrogen and oxygen atoms in total. The van der Waals surface area contributed by atoms with E-state index in [-0.39, 0.29) is 11.0 Å². The molecule has 0 fully saturated rings. The molecule has 0 spiro atoms. The lowest BCUT2D eigenvalue weighted by Crippen LogP contribution is -2.23. The lowest BCUT2D eigenvalue weighted by Gasteiger charge is -2.13. The summed E-state index contributed by atoms with van der Waals surface area (Å²) in [6.07, 6.45) is 3.39. The molecular weight excluding hydrogens is 206 g/mol. The second kappa shape index (κ2) is 4.12. The minimum Gasteiger partial charge on any atom is -0.477 e. The molecule has 4 heteroatoms. The number of hydrogen-bond donors (Lipinski definition) is 1. The summed E-state index contributed by atoms with van der Waals surface area (Å²) in [5, 5.41) is 9.09. The van der Waals surface area contributed by atoms with Crippen molar-refractivity contribution in [1.82, 2.24) is 4.57 Å². The molecule has 1 aromatic heterocycles. The van der Waals surface area contributed by atoms with E-state index >= 15 is 0 Å². The van der Waals surface area contributed by atoms with Crippen LogP contribution in [-0.2, 0) is 19.4 Å². The van der Waals surface area contributed by atoms with E-state index in [1.165, 1.54) is 6.07 Å². The van der Waals surface area contributed by atoms with Crippen LogP contribution in [0.15, 0.2) is 10.9 Å². The first-order chi connectivity index (χ1) is 7.65. The Morgan fingerprint density at radius 3 is 2.94 bits per heavy atom. The maximum atomic E-state index is 11.7. The van der Waals surface area contributed by atoms with Crippen molar-refractivity contribution < 1.29 is 9.90 Å². The van der Waals surface area contributed by atoms with Crippen molar-refractivity contribution in [2.24, 2.45) is 0 Å². The summed E-state index contributed by atoms with van der Waals surface area (Å²) in [5.74, 6) is -1.10. The second-order valence-electron chi connectivity index (χ2n) is 4.13. The highest BCUT2D eigenvalue weighted by atomic mass is 16.4. The molecular formula is C12H15NO3. The third-order valence-corrected chi connectivity index (χ3v) is 3.02. The number of pyridine rings is 1. The Morgan fingerprint density at radius 2 is 2.31 bits per heavy atom. The van der Waals surface area contributed by atoms with Crippen molar-refractivity contribution in [1.29, 1.82) is 0 Å². The van der Waals surface area contributed by atoms with E-state index in [1.54, 1.807) is 0 Å². The highest BCUT2D eigenvalue weighted by Gasteiger charge is 2.22. The van der Waals surface area contributed by atoms with Crippen LogP contribution in [0.1, 0.15) is 41.5 Å². The maximum absolute atomic E-state index is 11.7. The molecule has 16 heavy (non-hydrogen) atoms. The quantitative estimate of drug-likeness (QED) is 0.840. The van der Waals surface area contributed by atoms with Crippen molar-refractivity contribution in [3.63, 3.8) is 0 Å². The van der Waals surface area contributed by atoms with E-state index in [1.807, 2.05) is 11.5 Å². The first-order valence-electron chi connectivity index (χ1n) is 5.64. The Hall–Kier alpha value is -1.58. The van der Waals surface area contributed by atoms with E-state index in [4.69, 9.17) is 5.11 Å².